The molecule has 0 saturated heterocycles. The summed E-state index contributed by atoms with van der Waals surface area (Å²) >= 11 is 0. The number of carbonyl (C=O) groups excluding carboxylic acids is 1. The van der Waals surface area contributed by atoms with Gasteiger partial charge in [-0.1, -0.05) is 30.3 Å². The fourth-order valence-electron chi connectivity index (χ4n) is 3.02. The van der Waals surface area contributed by atoms with Gasteiger partial charge in [-0.25, -0.2) is 4.98 Å². The van der Waals surface area contributed by atoms with E-state index in [1.54, 1.807) is 12.5 Å². The van der Waals surface area contributed by atoms with Crippen molar-refractivity contribution in [3.8, 4) is 6.01 Å². The van der Waals surface area contributed by atoms with Crippen LogP contribution in [0.4, 0.5) is 5.82 Å². The van der Waals surface area contributed by atoms with Crippen molar-refractivity contribution in [2.75, 3.05) is 12.8 Å². The molecule has 0 amide bonds. The van der Waals surface area contributed by atoms with Gasteiger partial charge in [0.25, 0.3) is 0 Å². The van der Waals surface area contributed by atoms with Gasteiger partial charge in [0.1, 0.15) is 6.61 Å². The second-order valence-electron chi connectivity index (χ2n) is 6.62. The predicted octanol–water partition coefficient (Wildman–Crippen LogP) is 2.15. The van der Waals surface area contributed by atoms with Crippen molar-refractivity contribution in [2.24, 2.45) is 0 Å². The van der Waals surface area contributed by atoms with Crippen molar-refractivity contribution in [2.45, 2.75) is 19.6 Å². The Morgan fingerprint density at radius 2 is 1.97 bits per heavy atom. The van der Waals surface area contributed by atoms with Crippen LogP contribution in [0.5, 0.6) is 6.01 Å². The number of benzene rings is 1. The zero-order chi connectivity index (χ0) is 20.9. The van der Waals surface area contributed by atoms with Crippen LogP contribution < -0.4 is 10.5 Å². The predicted molar refractivity (Wildman–Crippen MR) is 110 cm³/mol. The van der Waals surface area contributed by atoms with Crippen LogP contribution in [-0.2, 0) is 29.1 Å². The van der Waals surface area contributed by atoms with E-state index in [4.69, 9.17) is 15.2 Å². The molecular weight excluding hydrogens is 384 g/mol. The minimum atomic E-state index is -0.282. The van der Waals surface area contributed by atoms with Crippen LogP contribution in [0.25, 0.3) is 11.2 Å². The van der Waals surface area contributed by atoms with E-state index in [9.17, 15) is 4.79 Å². The molecule has 2 N–H and O–H groups in total. The molecule has 30 heavy (non-hydrogen) atoms. The van der Waals surface area contributed by atoms with Crippen LogP contribution in [0.15, 0.2) is 55.0 Å². The zero-order valence-corrected chi connectivity index (χ0v) is 16.4. The van der Waals surface area contributed by atoms with Crippen molar-refractivity contribution < 1.29 is 14.3 Å². The fraction of sp³-hybridized carbons (Fsp3) is 0.190. The number of rotatable bonds is 7. The SMILES string of the molecule is COC(=O)Cc1cccc(Cn2cnc3c(N)nc(OCc4ccccn4)nc32)c1. The van der Waals surface area contributed by atoms with E-state index in [1.807, 2.05) is 47.0 Å². The lowest BCUT2D eigenvalue weighted by Gasteiger charge is -2.08. The average Bonchev–Trinajstić information content (AvgIpc) is 3.16. The summed E-state index contributed by atoms with van der Waals surface area (Å²) in [6.45, 7) is 0.733. The number of carbonyl (C=O) groups is 1. The van der Waals surface area contributed by atoms with Crippen molar-refractivity contribution in [1.82, 2.24) is 24.5 Å². The molecular formula is C21H20N6O3. The number of nitrogens with zero attached hydrogens (tertiary/aromatic N) is 5. The van der Waals surface area contributed by atoms with Gasteiger partial charge in [-0.05, 0) is 23.3 Å². The first-order valence-electron chi connectivity index (χ1n) is 9.28. The Bertz CT molecular complexity index is 1180. The number of pyridine rings is 1. The van der Waals surface area contributed by atoms with Crippen LogP contribution in [-0.4, -0.2) is 37.6 Å². The molecule has 4 aromatic rings. The smallest absolute Gasteiger partial charge is 0.320 e. The van der Waals surface area contributed by atoms with Crippen molar-refractivity contribution in [3.05, 3.63) is 71.8 Å². The van der Waals surface area contributed by atoms with Gasteiger partial charge in [0.05, 0.1) is 32.1 Å². The van der Waals surface area contributed by atoms with Gasteiger partial charge in [0.2, 0.25) is 0 Å². The summed E-state index contributed by atoms with van der Waals surface area (Å²) in [4.78, 5) is 28.7. The molecule has 0 unspecified atom stereocenters. The Morgan fingerprint density at radius 1 is 1.10 bits per heavy atom. The van der Waals surface area contributed by atoms with Crippen molar-refractivity contribution in [1.29, 1.82) is 0 Å². The molecule has 3 aromatic heterocycles. The Morgan fingerprint density at radius 3 is 2.77 bits per heavy atom. The molecule has 0 spiro atoms. The monoisotopic (exact) mass is 404 g/mol. The number of ether oxygens (including phenoxy) is 2. The standard InChI is InChI=1S/C21H20N6O3/c1-29-17(28)10-14-5-4-6-15(9-14)11-27-13-24-18-19(22)25-21(26-20(18)27)30-12-16-7-2-3-8-23-16/h2-9,13H,10-12H2,1H3,(H2,22,25,26). The number of esters is 1. The third-order valence-corrected chi connectivity index (χ3v) is 4.47. The molecule has 9 nitrogen and oxygen atoms in total. The molecule has 0 atom stereocenters. The van der Waals surface area contributed by atoms with E-state index in [-0.39, 0.29) is 30.8 Å². The lowest BCUT2D eigenvalue weighted by molar-refractivity contribution is -0.139. The fourth-order valence-corrected chi connectivity index (χ4v) is 3.02. The maximum Gasteiger partial charge on any atom is 0.320 e. The quantitative estimate of drug-likeness (QED) is 0.466. The van der Waals surface area contributed by atoms with E-state index < -0.39 is 0 Å². The van der Waals surface area contributed by atoms with Gasteiger partial charge in [0.15, 0.2) is 17.0 Å². The molecule has 0 aliphatic rings. The summed E-state index contributed by atoms with van der Waals surface area (Å²) in [6.07, 6.45) is 3.57. The van der Waals surface area contributed by atoms with Gasteiger partial charge in [-0.2, -0.15) is 9.97 Å². The van der Waals surface area contributed by atoms with Crippen LogP contribution in [0.1, 0.15) is 16.8 Å². The Hall–Kier alpha value is -4.01. The second-order valence-corrected chi connectivity index (χ2v) is 6.62. The van der Waals surface area contributed by atoms with Crippen LogP contribution in [0.3, 0.4) is 0 Å². The van der Waals surface area contributed by atoms with Crippen LogP contribution in [0, 0.1) is 0 Å². The molecule has 152 valence electrons. The Balaban J connectivity index is 1.57. The van der Waals surface area contributed by atoms with Crippen molar-refractivity contribution in [3.63, 3.8) is 0 Å². The molecule has 0 saturated carbocycles. The number of hydrogen-bond acceptors (Lipinski definition) is 8. The summed E-state index contributed by atoms with van der Waals surface area (Å²) in [7, 11) is 1.38. The molecule has 0 aliphatic heterocycles. The topological polar surface area (TPSA) is 118 Å². The van der Waals surface area contributed by atoms with E-state index in [0.29, 0.717) is 17.7 Å². The zero-order valence-electron chi connectivity index (χ0n) is 16.4. The minimum absolute atomic E-state index is 0.159. The number of methoxy groups -OCH3 is 1. The molecule has 0 fully saturated rings. The van der Waals surface area contributed by atoms with Gasteiger partial charge < -0.3 is 19.8 Å². The van der Waals surface area contributed by atoms with E-state index >= 15 is 0 Å². The molecule has 9 heteroatoms. The molecule has 1 aromatic carbocycles. The number of imidazole rings is 1. The highest BCUT2D eigenvalue weighted by Crippen LogP contribution is 2.21. The van der Waals surface area contributed by atoms with E-state index in [2.05, 4.69) is 19.9 Å². The Kier molecular flexibility index (Phi) is 5.51. The second kappa shape index (κ2) is 8.56. The number of nitrogen functional groups attached to an aromatic ring is 1. The maximum absolute atomic E-state index is 11.5. The van der Waals surface area contributed by atoms with Gasteiger partial charge >= 0.3 is 12.0 Å². The van der Waals surface area contributed by atoms with Crippen molar-refractivity contribution >= 4 is 23.0 Å². The van der Waals surface area contributed by atoms with Gasteiger partial charge in [0, 0.05) is 6.20 Å². The molecule has 0 aliphatic carbocycles. The highest BCUT2D eigenvalue weighted by atomic mass is 16.5. The van der Waals surface area contributed by atoms with E-state index in [1.165, 1.54) is 7.11 Å². The van der Waals surface area contributed by atoms with Gasteiger partial charge in [-0.15, -0.1) is 0 Å². The normalized spacial score (nSPS) is 10.8. The van der Waals surface area contributed by atoms with Crippen LogP contribution >= 0.6 is 0 Å². The number of aromatic nitrogens is 5. The first-order chi connectivity index (χ1) is 14.6. The molecule has 3 heterocycles. The number of hydrogen-bond donors (Lipinski definition) is 1. The first kappa shape index (κ1) is 19.3. The maximum atomic E-state index is 11.5. The summed E-state index contributed by atoms with van der Waals surface area (Å²) in [5.74, 6) is -0.0374. The Labute approximate surface area is 172 Å². The first-order valence-corrected chi connectivity index (χ1v) is 9.28. The highest BCUT2D eigenvalue weighted by molar-refractivity contribution is 5.82. The molecule has 0 radical (unpaired) electrons. The number of anilines is 1. The lowest BCUT2D eigenvalue weighted by atomic mass is 10.1. The summed E-state index contributed by atoms with van der Waals surface area (Å²) in [6, 6.07) is 13.4. The van der Waals surface area contributed by atoms with Gasteiger partial charge in [-0.3, -0.25) is 9.78 Å². The largest absolute Gasteiger partial charge is 0.469 e. The highest BCUT2D eigenvalue weighted by Gasteiger charge is 2.13. The third kappa shape index (κ3) is 4.35. The van der Waals surface area contributed by atoms with Crippen LogP contribution in [0.2, 0.25) is 0 Å². The summed E-state index contributed by atoms with van der Waals surface area (Å²) in [5, 5.41) is 0. The third-order valence-electron chi connectivity index (χ3n) is 4.47. The summed E-state index contributed by atoms with van der Waals surface area (Å²) in [5.41, 5.74) is 9.75. The minimum Gasteiger partial charge on any atom is -0.469 e. The average molecular weight is 404 g/mol. The summed E-state index contributed by atoms with van der Waals surface area (Å²) < 4.78 is 12.3. The number of fused-ring (bicyclic) bond motifs is 1. The molecule has 0 bridgehead atoms. The lowest BCUT2D eigenvalue weighted by Crippen LogP contribution is -2.07. The van der Waals surface area contributed by atoms with E-state index in [0.717, 1.165) is 16.8 Å². The number of nitrogens with two attached hydrogens (primary N) is 1. The molecule has 4 rings (SSSR count).